The van der Waals surface area contributed by atoms with E-state index in [1.807, 2.05) is 7.05 Å². The molecule has 1 atom stereocenters. The summed E-state index contributed by atoms with van der Waals surface area (Å²) in [5, 5.41) is 11.7. The van der Waals surface area contributed by atoms with Crippen molar-refractivity contribution < 1.29 is 9.90 Å². The Labute approximate surface area is 139 Å². The molecule has 1 aromatic rings. The summed E-state index contributed by atoms with van der Waals surface area (Å²) in [6.07, 6.45) is 3.65. The molecule has 5 nitrogen and oxygen atoms in total. The highest BCUT2D eigenvalue weighted by atomic mass is 16.2. The Hall–Kier alpha value is -1.59. The minimum Gasteiger partial charge on any atom is -0.396 e. The van der Waals surface area contributed by atoms with E-state index < -0.39 is 0 Å². The van der Waals surface area contributed by atoms with Crippen LogP contribution in [-0.2, 0) is 13.0 Å². The van der Waals surface area contributed by atoms with Gasteiger partial charge in [-0.15, -0.1) is 0 Å². The van der Waals surface area contributed by atoms with Crippen LogP contribution < -0.4 is 5.32 Å². The lowest BCUT2D eigenvalue weighted by Crippen LogP contribution is -2.48. The number of unbranched alkanes of at least 4 members (excludes halogenated alkanes) is 2. The Morgan fingerprint density at radius 1 is 1.30 bits per heavy atom. The van der Waals surface area contributed by atoms with Gasteiger partial charge in [0.2, 0.25) is 0 Å². The number of nitrogens with one attached hydrogen (secondary N) is 1. The van der Waals surface area contributed by atoms with E-state index in [1.165, 1.54) is 11.1 Å². The Morgan fingerprint density at radius 2 is 2.04 bits per heavy atom. The van der Waals surface area contributed by atoms with Gasteiger partial charge in [0, 0.05) is 39.3 Å². The topological polar surface area (TPSA) is 55.8 Å². The van der Waals surface area contributed by atoms with Crippen LogP contribution in [0.1, 0.15) is 30.4 Å². The maximum Gasteiger partial charge on any atom is 0.317 e. The van der Waals surface area contributed by atoms with Crippen LogP contribution >= 0.6 is 0 Å². The van der Waals surface area contributed by atoms with Gasteiger partial charge in [0.05, 0.1) is 0 Å². The van der Waals surface area contributed by atoms with Crippen LogP contribution in [0.4, 0.5) is 4.79 Å². The Bertz CT molecular complexity index is 507. The van der Waals surface area contributed by atoms with Crippen molar-refractivity contribution in [2.45, 2.75) is 38.3 Å². The maximum absolute atomic E-state index is 12.1. The number of amides is 2. The summed E-state index contributed by atoms with van der Waals surface area (Å²) in [5.74, 6) is 0. The number of fused-ring (bicyclic) bond motifs is 1. The zero-order valence-corrected chi connectivity index (χ0v) is 14.3. The van der Waals surface area contributed by atoms with Gasteiger partial charge in [-0.2, -0.15) is 0 Å². The lowest BCUT2D eigenvalue weighted by atomic mass is 9.94. The van der Waals surface area contributed by atoms with Gasteiger partial charge in [-0.1, -0.05) is 24.3 Å². The van der Waals surface area contributed by atoms with Crippen LogP contribution in [0.2, 0.25) is 0 Å². The molecule has 1 aliphatic rings. The number of likely N-dealkylation sites (N-methyl/N-ethyl adjacent to an activating group) is 2. The first kappa shape index (κ1) is 17.8. The molecule has 0 spiro atoms. The van der Waals surface area contributed by atoms with Crippen LogP contribution in [0.3, 0.4) is 0 Å². The number of carbonyl (C=O) groups is 1. The number of carbonyl (C=O) groups excluding carboxylic acids is 1. The van der Waals surface area contributed by atoms with Gasteiger partial charge < -0.3 is 15.3 Å². The van der Waals surface area contributed by atoms with Crippen molar-refractivity contribution in [2.24, 2.45) is 0 Å². The van der Waals surface area contributed by atoms with Crippen LogP contribution in [0.15, 0.2) is 24.3 Å². The zero-order chi connectivity index (χ0) is 16.7. The average Bonchev–Trinajstić information content (AvgIpc) is 2.55. The maximum atomic E-state index is 12.1. The molecular formula is C18H29N3O2. The Balaban J connectivity index is 1.78. The van der Waals surface area contributed by atoms with Crippen LogP contribution in [0.25, 0.3) is 0 Å². The highest BCUT2D eigenvalue weighted by molar-refractivity contribution is 5.73. The Morgan fingerprint density at radius 3 is 2.78 bits per heavy atom. The summed E-state index contributed by atoms with van der Waals surface area (Å²) in [4.78, 5) is 16.3. The number of benzene rings is 1. The molecule has 0 radical (unpaired) electrons. The highest BCUT2D eigenvalue weighted by Crippen LogP contribution is 2.22. The molecule has 0 saturated carbocycles. The molecule has 1 unspecified atom stereocenters. The molecule has 0 fully saturated rings. The molecule has 5 heteroatoms. The third-order valence-corrected chi connectivity index (χ3v) is 4.56. The second kappa shape index (κ2) is 8.89. The zero-order valence-electron chi connectivity index (χ0n) is 14.3. The SMILES string of the molecule is CN(CC1Cc2ccccc2CN1C)C(=O)NCCCCCO. The van der Waals surface area contributed by atoms with Crippen molar-refractivity contribution >= 4 is 6.03 Å². The van der Waals surface area contributed by atoms with Crippen LogP contribution in [0.5, 0.6) is 0 Å². The van der Waals surface area contributed by atoms with E-state index in [9.17, 15) is 4.79 Å². The summed E-state index contributed by atoms with van der Waals surface area (Å²) in [6, 6.07) is 8.89. The standard InChI is InChI=1S/C18H29N3O2/c1-20-13-16-9-5-4-8-15(16)12-17(20)14-21(2)18(23)19-10-6-3-7-11-22/h4-5,8-9,17,22H,3,6-7,10-14H2,1-2H3,(H,19,23). The molecule has 128 valence electrons. The molecule has 2 N–H and O–H groups in total. The smallest absolute Gasteiger partial charge is 0.317 e. The lowest BCUT2D eigenvalue weighted by Gasteiger charge is -2.36. The minimum atomic E-state index is -0.0127. The first-order valence-corrected chi connectivity index (χ1v) is 8.48. The largest absolute Gasteiger partial charge is 0.396 e. The van der Waals surface area contributed by atoms with Crippen molar-refractivity contribution in [3.8, 4) is 0 Å². The van der Waals surface area contributed by atoms with Crippen molar-refractivity contribution in [1.29, 1.82) is 0 Å². The van der Waals surface area contributed by atoms with Gasteiger partial charge in [0.25, 0.3) is 0 Å². The molecule has 23 heavy (non-hydrogen) atoms. The first-order chi connectivity index (χ1) is 11.1. The number of hydrogen-bond acceptors (Lipinski definition) is 3. The fraction of sp³-hybridized carbons (Fsp3) is 0.611. The van der Waals surface area contributed by atoms with Gasteiger partial charge >= 0.3 is 6.03 Å². The molecule has 1 aliphatic heterocycles. The van der Waals surface area contributed by atoms with Gasteiger partial charge in [-0.25, -0.2) is 4.79 Å². The van der Waals surface area contributed by atoms with Gasteiger partial charge in [0.1, 0.15) is 0 Å². The summed E-state index contributed by atoms with van der Waals surface area (Å²) in [5.41, 5.74) is 2.79. The van der Waals surface area contributed by atoms with Crippen LogP contribution in [0, 0.1) is 0 Å². The number of aliphatic hydroxyl groups excluding tert-OH is 1. The summed E-state index contributed by atoms with van der Waals surface area (Å²) >= 11 is 0. The Kier molecular flexibility index (Phi) is 6.86. The summed E-state index contributed by atoms with van der Waals surface area (Å²) in [7, 11) is 3.98. The van der Waals surface area contributed by atoms with Gasteiger partial charge in [-0.05, 0) is 43.9 Å². The van der Waals surface area contributed by atoms with E-state index in [4.69, 9.17) is 5.11 Å². The summed E-state index contributed by atoms with van der Waals surface area (Å²) in [6.45, 7) is 2.57. The molecular weight excluding hydrogens is 290 g/mol. The summed E-state index contributed by atoms with van der Waals surface area (Å²) < 4.78 is 0. The van der Waals surface area contributed by atoms with Crippen molar-refractivity contribution in [2.75, 3.05) is 33.8 Å². The third-order valence-electron chi connectivity index (χ3n) is 4.56. The van der Waals surface area contributed by atoms with E-state index >= 15 is 0 Å². The molecule has 0 aliphatic carbocycles. The number of rotatable bonds is 7. The van der Waals surface area contributed by atoms with Gasteiger partial charge in [0.15, 0.2) is 0 Å². The monoisotopic (exact) mass is 319 g/mol. The minimum absolute atomic E-state index is 0.0127. The highest BCUT2D eigenvalue weighted by Gasteiger charge is 2.25. The average molecular weight is 319 g/mol. The molecule has 0 aromatic heterocycles. The first-order valence-electron chi connectivity index (χ1n) is 8.48. The fourth-order valence-corrected chi connectivity index (χ4v) is 3.07. The third kappa shape index (κ3) is 5.22. The van der Waals surface area contributed by atoms with Crippen molar-refractivity contribution in [3.05, 3.63) is 35.4 Å². The molecule has 2 amide bonds. The second-order valence-corrected chi connectivity index (χ2v) is 6.44. The fourth-order valence-electron chi connectivity index (χ4n) is 3.07. The molecule has 0 bridgehead atoms. The quantitative estimate of drug-likeness (QED) is 0.754. The number of urea groups is 1. The molecule has 2 rings (SSSR count). The molecule has 0 saturated heterocycles. The lowest BCUT2D eigenvalue weighted by molar-refractivity contribution is 0.160. The van der Waals surface area contributed by atoms with E-state index in [0.29, 0.717) is 12.6 Å². The number of nitrogens with zero attached hydrogens (tertiary/aromatic N) is 2. The van der Waals surface area contributed by atoms with E-state index in [-0.39, 0.29) is 12.6 Å². The molecule has 1 aromatic carbocycles. The predicted molar refractivity (Wildman–Crippen MR) is 92.4 cm³/mol. The van der Waals surface area contributed by atoms with Gasteiger partial charge in [-0.3, -0.25) is 4.90 Å². The van der Waals surface area contributed by atoms with E-state index in [0.717, 1.165) is 38.8 Å². The second-order valence-electron chi connectivity index (χ2n) is 6.44. The number of hydrogen-bond donors (Lipinski definition) is 2. The molecule has 1 heterocycles. The van der Waals surface area contributed by atoms with Crippen molar-refractivity contribution in [3.63, 3.8) is 0 Å². The van der Waals surface area contributed by atoms with Crippen molar-refractivity contribution in [1.82, 2.24) is 15.1 Å². The van der Waals surface area contributed by atoms with E-state index in [1.54, 1.807) is 4.90 Å². The van der Waals surface area contributed by atoms with Crippen LogP contribution in [-0.4, -0.2) is 60.8 Å². The van der Waals surface area contributed by atoms with E-state index in [2.05, 4.69) is 41.5 Å². The predicted octanol–water partition coefficient (Wildman–Crippen LogP) is 1.85. The normalized spacial score (nSPS) is 17.6. The number of aliphatic hydroxyl groups is 1.